The van der Waals surface area contributed by atoms with E-state index in [1.54, 1.807) is 0 Å². The number of nitrogens with zero attached hydrogens (tertiary/aromatic N) is 1. The first-order valence-corrected chi connectivity index (χ1v) is 3.97. The van der Waals surface area contributed by atoms with E-state index in [1.165, 1.54) is 11.8 Å². The molecular weight excluding hydrogens is 152 g/mol. The van der Waals surface area contributed by atoms with Crippen molar-refractivity contribution < 1.29 is 10.3 Å². The Morgan fingerprint density at radius 3 is 2.80 bits per heavy atom. The Balaban J connectivity index is 3.51. The molecule has 0 bridgehead atoms. The number of amidine groups is 1. The second-order valence-corrected chi connectivity index (χ2v) is 3.21. The van der Waals surface area contributed by atoms with Crippen molar-refractivity contribution in [3.63, 3.8) is 0 Å². The highest BCUT2D eigenvalue weighted by molar-refractivity contribution is 8.00. The zero-order valence-electron chi connectivity index (χ0n) is 5.82. The molecule has 0 aromatic heterocycles. The van der Waals surface area contributed by atoms with E-state index in [0.717, 1.165) is 0 Å². The number of rotatable bonds is 4. The molecule has 0 aliphatic heterocycles. The molecule has 0 spiro atoms. The molecule has 0 amide bonds. The van der Waals surface area contributed by atoms with E-state index in [4.69, 9.17) is 16.0 Å². The van der Waals surface area contributed by atoms with Gasteiger partial charge in [0.05, 0.1) is 11.9 Å². The molecule has 10 heavy (non-hydrogen) atoms. The summed E-state index contributed by atoms with van der Waals surface area (Å²) in [6.07, 6.45) is 0. The maximum Gasteiger partial charge on any atom is 0.151 e. The molecule has 1 atom stereocenters. The lowest BCUT2D eigenvalue weighted by molar-refractivity contribution is 0.317. The first-order chi connectivity index (χ1) is 4.72. The van der Waals surface area contributed by atoms with Gasteiger partial charge >= 0.3 is 0 Å². The van der Waals surface area contributed by atoms with Crippen molar-refractivity contribution in [2.45, 2.75) is 12.2 Å². The standard InChI is InChI=1S/C5H12N2O2S/c1-4(5(6)7-9)10-3-2-8/h4,8-9H,2-3H2,1H3,(H2,6,7). The van der Waals surface area contributed by atoms with Crippen molar-refractivity contribution >= 4 is 17.6 Å². The van der Waals surface area contributed by atoms with Gasteiger partial charge in [0.1, 0.15) is 0 Å². The Bertz CT molecular complexity index is 118. The van der Waals surface area contributed by atoms with Crippen LogP contribution in [0.3, 0.4) is 0 Å². The largest absolute Gasteiger partial charge is 0.409 e. The summed E-state index contributed by atoms with van der Waals surface area (Å²) in [6, 6.07) is 0. The highest BCUT2D eigenvalue weighted by Crippen LogP contribution is 2.08. The number of oxime groups is 1. The molecule has 0 aliphatic rings. The Morgan fingerprint density at radius 2 is 2.40 bits per heavy atom. The Kier molecular flexibility index (Phi) is 5.15. The van der Waals surface area contributed by atoms with E-state index in [2.05, 4.69) is 5.16 Å². The summed E-state index contributed by atoms with van der Waals surface area (Å²) >= 11 is 1.44. The molecule has 0 heterocycles. The van der Waals surface area contributed by atoms with Gasteiger partial charge in [-0.25, -0.2) is 0 Å². The predicted octanol–water partition coefficient (Wildman–Crippen LogP) is -0.153. The zero-order valence-corrected chi connectivity index (χ0v) is 6.64. The second-order valence-electron chi connectivity index (χ2n) is 1.76. The first kappa shape index (κ1) is 9.58. The van der Waals surface area contributed by atoms with Crippen molar-refractivity contribution in [3.05, 3.63) is 0 Å². The fourth-order valence-electron chi connectivity index (χ4n) is 0.396. The molecule has 0 aliphatic carbocycles. The summed E-state index contributed by atoms with van der Waals surface area (Å²) in [5, 5.41) is 19.4. The minimum Gasteiger partial charge on any atom is -0.409 e. The van der Waals surface area contributed by atoms with Crippen molar-refractivity contribution in [1.29, 1.82) is 0 Å². The topological polar surface area (TPSA) is 78.8 Å². The lowest BCUT2D eigenvalue weighted by Gasteiger charge is -2.06. The van der Waals surface area contributed by atoms with Crippen LogP contribution in [0.5, 0.6) is 0 Å². The van der Waals surface area contributed by atoms with Crippen LogP contribution in [-0.2, 0) is 0 Å². The van der Waals surface area contributed by atoms with Crippen LogP contribution in [0.2, 0.25) is 0 Å². The third-order valence-electron chi connectivity index (χ3n) is 0.991. The molecule has 0 radical (unpaired) electrons. The van der Waals surface area contributed by atoms with Gasteiger partial charge < -0.3 is 16.0 Å². The number of aliphatic hydroxyl groups excluding tert-OH is 1. The zero-order chi connectivity index (χ0) is 7.98. The molecular formula is C5H12N2O2S. The number of nitrogens with two attached hydrogens (primary N) is 1. The van der Waals surface area contributed by atoms with Crippen LogP contribution in [0.15, 0.2) is 5.16 Å². The quantitative estimate of drug-likeness (QED) is 0.233. The maximum atomic E-state index is 8.41. The van der Waals surface area contributed by atoms with Gasteiger partial charge in [0.2, 0.25) is 0 Å². The summed E-state index contributed by atoms with van der Waals surface area (Å²) in [5.74, 6) is 0.802. The Morgan fingerprint density at radius 1 is 1.80 bits per heavy atom. The summed E-state index contributed by atoms with van der Waals surface area (Å²) in [6.45, 7) is 1.93. The smallest absolute Gasteiger partial charge is 0.151 e. The Hall–Kier alpha value is -0.420. The fraction of sp³-hybridized carbons (Fsp3) is 0.800. The van der Waals surface area contributed by atoms with Crippen molar-refractivity contribution in [2.75, 3.05) is 12.4 Å². The molecule has 0 fully saturated rings. The van der Waals surface area contributed by atoms with E-state index in [-0.39, 0.29) is 17.7 Å². The highest BCUT2D eigenvalue weighted by Gasteiger charge is 2.05. The molecule has 0 saturated heterocycles. The van der Waals surface area contributed by atoms with Crippen LogP contribution in [0.4, 0.5) is 0 Å². The number of thioether (sulfide) groups is 1. The van der Waals surface area contributed by atoms with Gasteiger partial charge in [0.25, 0.3) is 0 Å². The first-order valence-electron chi connectivity index (χ1n) is 2.92. The Labute approximate surface area is 64.1 Å². The van der Waals surface area contributed by atoms with Crippen LogP contribution in [0.25, 0.3) is 0 Å². The lowest BCUT2D eigenvalue weighted by Crippen LogP contribution is -2.23. The third-order valence-corrected chi connectivity index (χ3v) is 2.15. The minimum atomic E-state index is -0.0304. The fourth-order valence-corrected chi connectivity index (χ4v) is 1.07. The lowest BCUT2D eigenvalue weighted by atomic mass is 10.4. The summed E-state index contributed by atoms with van der Waals surface area (Å²) in [7, 11) is 0. The van der Waals surface area contributed by atoms with Crippen LogP contribution < -0.4 is 5.73 Å². The van der Waals surface area contributed by atoms with E-state index in [1.807, 2.05) is 6.92 Å². The van der Waals surface area contributed by atoms with Gasteiger partial charge in [0, 0.05) is 5.75 Å². The molecule has 0 rings (SSSR count). The molecule has 1 unspecified atom stereocenters. The van der Waals surface area contributed by atoms with Gasteiger partial charge in [-0.2, -0.15) is 0 Å². The van der Waals surface area contributed by atoms with Crippen LogP contribution >= 0.6 is 11.8 Å². The summed E-state index contributed by atoms with van der Waals surface area (Å²) < 4.78 is 0. The predicted molar refractivity (Wildman–Crippen MR) is 42.4 cm³/mol. The van der Waals surface area contributed by atoms with E-state index < -0.39 is 0 Å². The van der Waals surface area contributed by atoms with E-state index >= 15 is 0 Å². The second kappa shape index (κ2) is 5.37. The normalized spacial score (nSPS) is 15.2. The van der Waals surface area contributed by atoms with Crippen LogP contribution in [0.1, 0.15) is 6.92 Å². The molecule has 4 N–H and O–H groups in total. The third kappa shape index (κ3) is 3.58. The van der Waals surface area contributed by atoms with Crippen LogP contribution in [0, 0.1) is 0 Å². The number of aliphatic hydroxyl groups is 1. The number of hydrogen-bond acceptors (Lipinski definition) is 4. The average Bonchev–Trinajstić information content (AvgIpc) is 1.98. The highest BCUT2D eigenvalue weighted by atomic mass is 32.2. The van der Waals surface area contributed by atoms with Crippen LogP contribution in [-0.4, -0.2) is 33.8 Å². The van der Waals surface area contributed by atoms with Crippen molar-refractivity contribution in [1.82, 2.24) is 0 Å². The number of hydrogen-bond donors (Lipinski definition) is 3. The SMILES string of the molecule is CC(SCCO)/C(N)=N/O. The molecule has 4 nitrogen and oxygen atoms in total. The molecule has 60 valence electrons. The molecule has 0 saturated carbocycles. The van der Waals surface area contributed by atoms with Gasteiger partial charge in [-0.1, -0.05) is 5.16 Å². The van der Waals surface area contributed by atoms with E-state index in [0.29, 0.717) is 5.75 Å². The average molecular weight is 164 g/mol. The molecule has 0 aromatic carbocycles. The molecule has 0 aromatic rings. The van der Waals surface area contributed by atoms with Crippen molar-refractivity contribution in [2.24, 2.45) is 10.9 Å². The van der Waals surface area contributed by atoms with Gasteiger partial charge in [-0.3, -0.25) is 0 Å². The minimum absolute atomic E-state index is 0.0304. The van der Waals surface area contributed by atoms with Gasteiger partial charge in [-0.05, 0) is 6.92 Å². The van der Waals surface area contributed by atoms with Crippen molar-refractivity contribution in [3.8, 4) is 0 Å². The van der Waals surface area contributed by atoms with Gasteiger partial charge in [-0.15, -0.1) is 11.8 Å². The van der Waals surface area contributed by atoms with E-state index in [9.17, 15) is 0 Å². The van der Waals surface area contributed by atoms with Gasteiger partial charge in [0.15, 0.2) is 5.84 Å². The maximum absolute atomic E-state index is 8.41. The summed E-state index contributed by atoms with van der Waals surface area (Å²) in [5.41, 5.74) is 5.25. The monoisotopic (exact) mass is 164 g/mol. The molecule has 5 heteroatoms. The summed E-state index contributed by atoms with van der Waals surface area (Å²) in [4.78, 5) is 0.